The van der Waals surface area contributed by atoms with Crippen molar-refractivity contribution in [2.24, 2.45) is 0 Å². The van der Waals surface area contributed by atoms with E-state index in [0.717, 1.165) is 19.2 Å². The van der Waals surface area contributed by atoms with E-state index in [1.54, 1.807) is 0 Å². The standard InChI is InChI=1S/C5H8NO/c1-2-5-6-3-4(1)7-5/h4,6H,1-3H2. The lowest BCUT2D eigenvalue weighted by Crippen LogP contribution is -2.20. The average Bonchev–Trinajstić information content (AvgIpc) is 2.22. The third-order valence-electron chi connectivity index (χ3n) is 1.53. The summed E-state index contributed by atoms with van der Waals surface area (Å²) in [6.45, 7) is 1.05. The lowest BCUT2D eigenvalue weighted by molar-refractivity contribution is 0.169. The maximum atomic E-state index is 5.28. The van der Waals surface area contributed by atoms with Crippen molar-refractivity contribution >= 4 is 0 Å². The molecule has 0 saturated carbocycles. The van der Waals surface area contributed by atoms with Crippen molar-refractivity contribution in [2.75, 3.05) is 6.54 Å². The fourth-order valence-corrected chi connectivity index (χ4v) is 1.11. The molecule has 1 N–H and O–H groups in total. The molecule has 2 nitrogen and oxygen atoms in total. The summed E-state index contributed by atoms with van der Waals surface area (Å²) in [6.07, 6.45) is 4.02. The van der Waals surface area contributed by atoms with Crippen LogP contribution in [0.5, 0.6) is 0 Å². The Bertz CT molecular complexity index is 66.1. The molecule has 0 aromatic carbocycles. The van der Waals surface area contributed by atoms with E-state index in [2.05, 4.69) is 5.32 Å². The molecule has 0 aromatic heterocycles. The minimum absolute atomic E-state index is 0.523. The van der Waals surface area contributed by atoms with E-state index in [0.29, 0.717) is 6.10 Å². The summed E-state index contributed by atoms with van der Waals surface area (Å²) < 4.78 is 5.28. The zero-order valence-corrected chi connectivity index (χ0v) is 4.11. The lowest BCUT2D eigenvalue weighted by atomic mass is 10.2. The summed E-state index contributed by atoms with van der Waals surface area (Å²) in [5.74, 6) is 0. The Morgan fingerprint density at radius 2 is 2.71 bits per heavy atom. The highest BCUT2D eigenvalue weighted by Crippen LogP contribution is 2.27. The van der Waals surface area contributed by atoms with Gasteiger partial charge in [0.2, 0.25) is 0 Å². The van der Waals surface area contributed by atoms with E-state index in [1.165, 1.54) is 6.42 Å². The van der Waals surface area contributed by atoms with Gasteiger partial charge in [-0.1, -0.05) is 0 Å². The van der Waals surface area contributed by atoms with Crippen LogP contribution in [0.1, 0.15) is 12.8 Å². The molecular weight excluding hydrogens is 90.1 g/mol. The quantitative estimate of drug-likeness (QED) is 0.469. The Hall–Kier alpha value is -0.0800. The number of rotatable bonds is 0. The molecule has 0 aliphatic carbocycles. The first kappa shape index (κ1) is 3.87. The van der Waals surface area contributed by atoms with Gasteiger partial charge in [0.25, 0.3) is 0 Å². The Morgan fingerprint density at radius 1 is 1.71 bits per heavy atom. The predicted octanol–water partition coefficient (Wildman–Crippen LogP) is 0.258. The average molecular weight is 98.1 g/mol. The SMILES string of the molecule is C1CC2CN[C]1O2. The van der Waals surface area contributed by atoms with Crippen molar-refractivity contribution in [3.8, 4) is 0 Å². The highest BCUT2D eigenvalue weighted by molar-refractivity contribution is 4.93. The first-order chi connectivity index (χ1) is 3.45. The van der Waals surface area contributed by atoms with Gasteiger partial charge in [-0.15, -0.1) is 0 Å². The second-order valence-corrected chi connectivity index (χ2v) is 2.08. The molecule has 0 spiro atoms. The molecule has 1 unspecified atom stereocenters. The van der Waals surface area contributed by atoms with Crippen molar-refractivity contribution in [1.82, 2.24) is 5.32 Å². The van der Waals surface area contributed by atoms with Crippen LogP contribution in [0.25, 0.3) is 0 Å². The molecule has 2 fully saturated rings. The second kappa shape index (κ2) is 1.20. The van der Waals surface area contributed by atoms with Gasteiger partial charge in [-0.2, -0.15) is 0 Å². The summed E-state index contributed by atoms with van der Waals surface area (Å²) in [4.78, 5) is 0. The van der Waals surface area contributed by atoms with Crippen molar-refractivity contribution in [3.63, 3.8) is 0 Å². The van der Waals surface area contributed by atoms with E-state index >= 15 is 0 Å². The number of hydrogen-bond acceptors (Lipinski definition) is 2. The molecule has 2 heterocycles. The van der Waals surface area contributed by atoms with Gasteiger partial charge in [-0.25, -0.2) is 0 Å². The van der Waals surface area contributed by atoms with Crippen LogP contribution in [0, 0.1) is 6.23 Å². The van der Waals surface area contributed by atoms with Crippen LogP contribution in [0.15, 0.2) is 0 Å². The summed E-state index contributed by atoms with van der Waals surface area (Å²) in [5, 5.41) is 3.15. The number of ether oxygens (including phenoxy) is 1. The molecule has 1 atom stereocenters. The van der Waals surface area contributed by atoms with Gasteiger partial charge >= 0.3 is 0 Å². The molecule has 2 heteroatoms. The van der Waals surface area contributed by atoms with Gasteiger partial charge < -0.3 is 4.74 Å². The van der Waals surface area contributed by atoms with E-state index < -0.39 is 0 Å². The van der Waals surface area contributed by atoms with E-state index in [-0.39, 0.29) is 0 Å². The number of hydrogen-bond donors (Lipinski definition) is 1. The maximum absolute atomic E-state index is 5.28. The summed E-state index contributed by atoms with van der Waals surface area (Å²) in [7, 11) is 0. The molecule has 1 radical (unpaired) electrons. The Labute approximate surface area is 42.9 Å². The fraction of sp³-hybridized carbons (Fsp3) is 0.800. The van der Waals surface area contributed by atoms with Crippen LogP contribution in [0.3, 0.4) is 0 Å². The van der Waals surface area contributed by atoms with Gasteiger partial charge in [0.05, 0.1) is 6.10 Å². The van der Waals surface area contributed by atoms with Gasteiger partial charge in [-0.3, -0.25) is 5.32 Å². The van der Waals surface area contributed by atoms with E-state index in [1.807, 2.05) is 0 Å². The van der Waals surface area contributed by atoms with Crippen LogP contribution in [-0.2, 0) is 4.74 Å². The molecule has 7 heavy (non-hydrogen) atoms. The van der Waals surface area contributed by atoms with Gasteiger partial charge in [0.1, 0.15) is 0 Å². The van der Waals surface area contributed by atoms with E-state index in [9.17, 15) is 0 Å². The monoisotopic (exact) mass is 98.1 g/mol. The first-order valence-corrected chi connectivity index (χ1v) is 2.71. The van der Waals surface area contributed by atoms with Gasteiger partial charge in [-0.05, 0) is 12.8 Å². The molecule has 2 aliphatic rings. The maximum Gasteiger partial charge on any atom is 0.162 e. The van der Waals surface area contributed by atoms with Crippen LogP contribution in [0.2, 0.25) is 0 Å². The van der Waals surface area contributed by atoms with Crippen LogP contribution in [-0.4, -0.2) is 12.6 Å². The minimum atomic E-state index is 0.523. The Kier molecular flexibility index (Phi) is 0.664. The van der Waals surface area contributed by atoms with Crippen molar-refractivity contribution < 1.29 is 4.74 Å². The van der Waals surface area contributed by atoms with E-state index in [4.69, 9.17) is 4.74 Å². The van der Waals surface area contributed by atoms with Crippen LogP contribution < -0.4 is 5.32 Å². The Morgan fingerprint density at radius 3 is 2.86 bits per heavy atom. The predicted molar refractivity (Wildman–Crippen MR) is 25.4 cm³/mol. The summed E-state index contributed by atoms with van der Waals surface area (Å²) >= 11 is 0. The van der Waals surface area contributed by atoms with Crippen LogP contribution in [0.4, 0.5) is 0 Å². The fourth-order valence-electron chi connectivity index (χ4n) is 1.11. The Balaban J connectivity index is 2.12. The normalized spacial score (nSPS) is 40.3. The molecular formula is C5H8NO. The zero-order chi connectivity index (χ0) is 4.69. The van der Waals surface area contributed by atoms with Crippen molar-refractivity contribution in [3.05, 3.63) is 6.23 Å². The molecule has 2 bridgehead atoms. The number of fused-ring (bicyclic) bond motifs is 2. The highest BCUT2D eigenvalue weighted by Gasteiger charge is 2.32. The molecule has 0 amide bonds. The minimum Gasteiger partial charge on any atom is -0.352 e. The number of piperidine rings is 1. The molecule has 39 valence electrons. The molecule has 2 aliphatic heterocycles. The van der Waals surface area contributed by atoms with Gasteiger partial charge in [0, 0.05) is 6.54 Å². The van der Waals surface area contributed by atoms with Gasteiger partial charge in [0.15, 0.2) is 6.23 Å². The second-order valence-electron chi connectivity index (χ2n) is 2.08. The summed E-state index contributed by atoms with van der Waals surface area (Å²) in [5.41, 5.74) is 0. The smallest absolute Gasteiger partial charge is 0.162 e. The van der Waals surface area contributed by atoms with Crippen LogP contribution >= 0.6 is 0 Å². The molecule has 2 rings (SSSR count). The number of nitrogens with one attached hydrogen (secondary N) is 1. The van der Waals surface area contributed by atoms with Crippen molar-refractivity contribution in [2.45, 2.75) is 18.9 Å². The first-order valence-electron chi connectivity index (χ1n) is 2.71. The third kappa shape index (κ3) is 0.469. The topological polar surface area (TPSA) is 21.3 Å². The third-order valence-corrected chi connectivity index (χ3v) is 1.53. The lowest BCUT2D eigenvalue weighted by Gasteiger charge is -2.02. The largest absolute Gasteiger partial charge is 0.352 e. The summed E-state index contributed by atoms with van der Waals surface area (Å²) in [6, 6.07) is 0. The highest BCUT2D eigenvalue weighted by atomic mass is 16.5. The zero-order valence-electron chi connectivity index (χ0n) is 4.11. The molecule has 2 saturated heterocycles. The molecule has 0 aromatic rings. The van der Waals surface area contributed by atoms with Crippen molar-refractivity contribution in [1.29, 1.82) is 0 Å².